The van der Waals surface area contributed by atoms with Crippen LogP contribution >= 0.6 is 0 Å². The first kappa shape index (κ1) is 39.8. The van der Waals surface area contributed by atoms with Crippen molar-refractivity contribution in [1.82, 2.24) is 0 Å². The molecule has 0 saturated heterocycles. The maximum absolute atomic E-state index is 7.49. The van der Waals surface area contributed by atoms with E-state index in [4.69, 9.17) is 9.47 Å². The Hall–Kier alpha value is -9.18. The summed E-state index contributed by atoms with van der Waals surface area (Å²) in [6.45, 7) is 0. The van der Waals surface area contributed by atoms with E-state index in [1.165, 1.54) is 55.6 Å². The van der Waals surface area contributed by atoms with Gasteiger partial charge in [-0.25, -0.2) is 0 Å². The van der Waals surface area contributed by atoms with E-state index in [9.17, 15) is 0 Å². The maximum Gasteiger partial charge on any atom is 0.156 e. The van der Waals surface area contributed by atoms with Gasteiger partial charge in [-0.05, 0) is 92.0 Å². The van der Waals surface area contributed by atoms with E-state index in [1.807, 2.05) is 0 Å². The van der Waals surface area contributed by atoms with Crippen LogP contribution < -0.4 is 14.4 Å². The Balaban J connectivity index is 1.05. The third-order valence-electron chi connectivity index (χ3n) is 15.6. The highest BCUT2D eigenvalue weighted by atomic mass is 16.5. The molecule has 2 aliphatic heterocycles. The summed E-state index contributed by atoms with van der Waals surface area (Å²) < 4.78 is 14.3. The first-order valence-electron chi connectivity index (χ1n) is 24.5. The van der Waals surface area contributed by atoms with Crippen molar-refractivity contribution in [3.63, 3.8) is 0 Å². The molecule has 15 rings (SSSR count). The third kappa shape index (κ3) is 5.38. The largest absolute Gasteiger partial charge is 0.457 e. The Bertz CT molecular complexity index is 3870. The maximum atomic E-state index is 7.49. The second kappa shape index (κ2) is 15.2. The predicted octanol–water partition coefficient (Wildman–Crippen LogP) is 17.4. The molecule has 0 aromatic heterocycles. The molecular weight excluding hydrogens is 863 g/mol. The average molecular weight is 906 g/mol. The Kier molecular flexibility index (Phi) is 8.49. The molecule has 2 heterocycles. The smallest absolute Gasteiger partial charge is 0.156 e. The molecule has 0 bridgehead atoms. The van der Waals surface area contributed by atoms with Crippen molar-refractivity contribution in [3.8, 4) is 67.5 Å². The summed E-state index contributed by atoms with van der Waals surface area (Å²) in [6, 6.07) is 95.0. The van der Waals surface area contributed by atoms with Crippen LogP contribution in [-0.4, -0.2) is 0 Å². The van der Waals surface area contributed by atoms with Crippen LogP contribution in [0.25, 0.3) is 44.5 Å². The monoisotopic (exact) mass is 905 g/mol. The van der Waals surface area contributed by atoms with Crippen LogP contribution in [0.3, 0.4) is 0 Å². The Morgan fingerprint density at radius 2 is 0.634 bits per heavy atom. The van der Waals surface area contributed by atoms with Crippen molar-refractivity contribution >= 4 is 17.1 Å². The Morgan fingerprint density at radius 1 is 0.239 bits per heavy atom. The molecule has 2 aliphatic carbocycles. The molecule has 0 amide bonds. The average Bonchev–Trinajstić information content (AvgIpc) is 3.90. The van der Waals surface area contributed by atoms with Gasteiger partial charge < -0.3 is 14.4 Å². The molecule has 0 N–H and O–H groups in total. The topological polar surface area (TPSA) is 21.7 Å². The van der Waals surface area contributed by atoms with E-state index in [1.54, 1.807) is 0 Å². The zero-order valence-electron chi connectivity index (χ0n) is 38.6. The highest BCUT2D eigenvalue weighted by Gasteiger charge is 2.54. The number of ether oxygens (including phenoxy) is 2. The quantitative estimate of drug-likeness (QED) is 0.172. The fraction of sp³-hybridized carbons (Fsp3) is 0.0294. The fourth-order valence-corrected chi connectivity index (χ4v) is 12.9. The van der Waals surface area contributed by atoms with Gasteiger partial charge in [0.25, 0.3) is 0 Å². The molecule has 71 heavy (non-hydrogen) atoms. The molecule has 0 saturated carbocycles. The number of anilines is 3. The van der Waals surface area contributed by atoms with E-state index >= 15 is 0 Å². The van der Waals surface area contributed by atoms with E-state index in [0.29, 0.717) is 0 Å². The molecule has 0 atom stereocenters. The number of benzene rings is 11. The summed E-state index contributed by atoms with van der Waals surface area (Å²) in [5.74, 6) is 3.41. The zero-order valence-corrected chi connectivity index (χ0v) is 38.6. The normalized spacial score (nSPS) is 14.1. The standard InChI is InChI=1S/C68H43NO2/c1-2-20-44(21-3-1)45-40-42-46(43-41-45)47-22-7-14-34-59(47)69(60-35-18-32-57-65(60)50-25-6-10-28-53(50)68(57)54-29-11-15-37-62(54)70-63-38-16-12-30-55(63)68)61-36-19-33-58-66(61)71-64-39-17-13-31-56(64)67(58)51-26-8-4-23-48(51)49-24-5-9-27-52(49)67/h1-43H. The summed E-state index contributed by atoms with van der Waals surface area (Å²) in [5.41, 5.74) is 20.6. The minimum atomic E-state index is -0.654. The Labute approximate surface area is 413 Å². The molecule has 11 aromatic rings. The molecule has 11 aromatic carbocycles. The van der Waals surface area contributed by atoms with E-state index < -0.39 is 10.8 Å². The number of fused-ring (bicyclic) bond motifs is 18. The number of para-hydroxylation sites is 5. The van der Waals surface area contributed by atoms with Gasteiger partial charge in [-0.15, -0.1) is 0 Å². The first-order valence-corrected chi connectivity index (χ1v) is 24.5. The van der Waals surface area contributed by atoms with Gasteiger partial charge in [0.2, 0.25) is 0 Å². The van der Waals surface area contributed by atoms with Crippen LogP contribution in [0.5, 0.6) is 23.0 Å². The number of hydrogen-bond acceptors (Lipinski definition) is 3. The van der Waals surface area contributed by atoms with Crippen molar-refractivity contribution in [2.75, 3.05) is 4.90 Å². The van der Waals surface area contributed by atoms with E-state index in [-0.39, 0.29) is 0 Å². The van der Waals surface area contributed by atoms with Crippen LogP contribution in [0.1, 0.15) is 44.5 Å². The van der Waals surface area contributed by atoms with Crippen LogP contribution in [0.2, 0.25) is 0 Å². The van der Waals surface area contributed by atoms with E-state index in [2.05, 4.69) is 266 Å². The lowest BCUT2D eigenvalue weighted by Gasteiger charge is -2.41. The molecule has 2 spiro atoms. The summed E-state index contributed by atoms with van der Waals surface area (Å²) in [5, 5.41) is 0. The number of nitrogens with zero attached hydrogens (tertiary/aromatic N) is 1. The van der Waals surface area contributed by atoms with Gasteiger partial charge in [0.05, 0.1) is 27.9 Å². The van der Waals surface area contributed by atoms with Crippen molar-refractivity contribution in [2.24, 2.45) is 0 Å². The first-order chi connectivity index (χ1) is 35.2. The van der Waals surface area contributed by atoms with Gasteiger partial charge >= 0.3 is 0 Å². The zero-order chi connectivity index (χ0) is 46.7. The highest BCUT2D eigenvalue weighted by Crippen LogP contribution is 2.67. The van der Waals surface area contributed by atoms with Gasteiger partial charge in [-0.3, -0.25) is 0 Å². The SMILES string of the molecule is c1ccc(-c2ccc(-c3ccccc3N(c3cccc4c3Oc3ccccc3C43c4ccccc4-c4ccccc43)c3cccc4c3-c3ccccc3C43c4ccccc4Oc4ccccc43)cc2)cc1. The van der Waals surface area contributed by atoms with Gasteiger partial charge in [-0.1, -0.05) is 224 Å². The molecule has 0 unspecified atom stereocenters. The lowest BCUT2D eigenvalue weighted by Crippen LogP contribution is -2.33. The minimum Gasteiger partial charge on any atom is -0.457 e. The van der Waals surface area contributed by atoms with Gasteiger partial charge in [0, 0.05) is 33.4 Å². The number of rotatable bonds is 5. The van der Waals surface area contributed by atoms with Crippen molar-refractivity contribution in [3.05, 3.63) is 305 Å². The summed E-state index contributed by atoms with van der Waals surface area (Å²) >= 11 is 0. The molecule has 332 valence electrons. The summed E-state index contributed by atoms with van der Waals surface area (Å²) in [4.78, 5) is 2.50. The molecular formula is C68H43NO2. The molecule has 3 nitrogen and oxygen atoms in total. The summed E-state index contributed by atoms with van der Waals surface area (Å²) in [7, 11) is 0. The molecule has 0 fully saturated rings. The highest BCUT2D eigenvalue weighted by molar-refractivity contribution is 6.02. The van der Waals surface area contributed by atoms with Crippen molar-refractivity contribution in [2.45, 2.75) is 10.8 Å². The van der Waals surface area contributed by atoms with Gasteiger partial charge in [0.15, 0.2) is 5.75 Å². The van der Waals surface area contributed by atoms with Crippen LogP contribution in [0.15, 0.2) is 261 Å². The summed E-state index contributed by atoms with van der Waals surface area (Å²) in [6.07, 6.45) is 0. The van der Waals surface area contributed by atoms with Gasteiger partial charge in [-0.2, -0.15) is 0 Å². The molecule has 4 aliphatic rings. The lowest BCUT2D eigenvalue weighted by molar-refractivity contribution is 0.436. The predicted molar refractivity (Wildman–Crippen MR) is 287 cm³/mol. The van der Waals surface area contributed by atoms with Crippen molar-refractivity contribution < 1.29 is 9.47 Å². The Morgan fingerprint density at radius 3 is 1.25 bits per heavy atom. The molecule has 3 heteroatoms. The second-order valence-electron chi connectivity index (χ2n) is 19.0. The fourth-order valence-electron chi connectivity index (χ4n) is 12.9. The third-order valence-corrected chi connectivity index (χ3v) is 15.6. The second-order valence-corrected chi connectivity index (χ2v) is 19.0. The van der Waals surface area contributed by atoms with Crippen LogP contribution in [0.4, 0.5) is 17.1 Å². The van der Waals surface area contributed by atoms with Crippen molar-refractivity contribution in [1.29, 1.82) is 0 Å². The van der Waals surface area contributed by atoms with Crippen LogP contribution in [-0.2, 0) is 10.8 Å². The van der Waals surface area contributed by atoms with Crippen LogP contribution in [0, 0.1) is 0 Å². The minimum absolute atomic E-state index is 0.642. The lowest BCUT2D eigenvalue weighted by atomic mass is 9.66. The van der Waals surface area contributed by atoms with Gasteiger partial charge in [0.1, 0.15) is 17.2 Å². The number of hydrogen-bond donors (Lipinski definition) is 0. The van der Waals surface area contributed by atoms with E-state index in [0.717, 1.165) is 73.4 Å². The molecule has 0 radical (unpaired) electrons.